The van der Waals surface area contributed by atoms with Crippen LogP contribution in [0, 0.1) is 0 Å². The maximum Gasteiger partial charge on any atom is 0.215 e. The van der Waals surface area contributed by atoms with E-state index in [1.165, 1.54) is 0 Å². The lowest BCUT2D eigenvalue weighted by atomic mass is 10.4. The van der Waals surface area contributed by atoms with Crippen LogP contribution in [0.3, 0.4) is 0 Å². The molecule has 1 rings (SSSR count). The third-order valence-corrected chi connectivity index (χ3v) is 4.21. The topological polar surface area (TPSA) is 76.0 Å². The summed E-state index contributed by atoms with van der Waals surface area (Å²) >= 11 is 0. The molecule has 0 bridgehead atoms. The summed E-state index contributed by atoms with van der Waals surface area (Å²) in [5, 5.41) is 6.67. The first-order chi connectivity index (χ1) is 7.95. The molecular weight excluding hydrogens is 240 g/mol. The molecule has 0 saturated heterocycles. The number of nitrogens with zero attached hydrogens (tertiary/aromatic N) is 2. The van der Waals surface area contributed by atoms with Gasteiger partial charge in [0.05, 0.1) is 17.5 Å². The standard InChI is InChI=1S/C10H20N4O2S/c1-4-11-7-9(2)17(15,16)12-8-10-5-6-14(3)13-10/h5-6,9,11-12H,4,7-8H2,1-3H3. The lowest BCUT2D eigenvalue weighted by Gasteiger charge is -2.13. The van der Waals surface area contributed by atoms with Crippen LogP contribution in [0.5, 0.6) is 0 Å². The van der Waals surface area contributed by atoms with E-state index in [2.05, 4.69) is 15.1 Å². The molecule has 0 spiro atoms. The first kappa shape index (κ1) is 14.1. The molecule has 0 aromatic carbocycles. The summed E-state index contributed by atoms with van der Waals surface area (Å²) in [5.74, 6) is 0. The van der Waals surface area contributed by atoms with Crippen molar-refractivity contribution in [3.8, 4) is 0 Å². The highest BCUT2D eigenvalue weighted by molar-refractivity contribution is 7.90. The van der Waals surface area contributed by atoms with E-state index in [1.54, 1.807) is 30.9 Å². The molecule has 1 heterocycles. The second-order valence-corrected chi connectivity index (χ2v) is 6.15. The smallest absolute Gasteiger partial charge is 0.215 e. The Morgan fingerprint density at radius 2 is 2.24 bits per heavy atom. The minimum absolute atomic E-state index is 0.236. The Kier molecular flexibility index (Phi) is 5.10. The van der Waals surface area contributed by atoms with E-state index in [-0.39, 0.29) is 6.54 Å². The van der Waals surface area contributed by atoms with Gasteiger partial charge in [0.1, 0.15) is 0 Å². The lowest BCUT2D eigenvalue weighted by molar-refractivity contribution is 0.558. The van der Waals surface area contributed by atoms with E-state index in [0.29, 0.717) is 12.2 Å². The highest BCUT2D eigenvalue weighted by atomic mass is 32.2. The number of aromatic nitrogens is 2. The van der Waals surface area contributed by atoms with Crippen molar-refractivity contribution in [2.75, 3.05) is 13.1 Å². The van der Waals surface area contributed by atoms with Crippen molar-refractivity contribution in [1.82, 2.24) is 19.8 Å². The molecule has 98 valence electrons. The highest BCUT2D eigenvalue weighted by Gasteiger charge is 2.19. The van der Waals surface area contributed by atoms with Crippen LogP contribution < -0.4 is 10.0 Å². The maximum absolute atomic E-state index is 11.8. The first-order valence-corrected chi connectivity index (χ1v) is 7.18. The Labute approximate surface area is 102 Å². The number of rotatable bonds is 7. The van der Waals surface area contributed by atoms with Crippen LogP contribution in [0.15, 0.2) is 12.3 Å². The fourth-order valence-electron chi connectivity index (χ4n) is 1.33. The Hall–Kier alpha value is -0.920. The van der Waals surface area contributed by atoms with Crippen molar-refractivity contribution in [3.63, 3.8) is 0 Å². The van der Waals surface area contributed by atoms with Crippen molar-refractivity contribution in [3.05, 3.63) is 18.0 Å². The van der Waals surface area contributed by atoms with Gasteiger partial charge < -0.3 is 5.32 Å². The Morgan fingerprint density at radius 3 is 2.76 bits per heavy atom. The molecule has 1 unspecified atom stereocenters. The van der Waals surface area contributed by atoms with Crippen molar-refractivity contribution >= 4 is 10.0 Å². The van der Waals surface area contributed by atoms with Gasteiger partial charge in [0.2, 0.25) is 10.0 Å². The van der Waals surface area contributed by atoms with Crippen LogP contribution >= 0.6 is 0 Å². The van der Waals surface area contributed by atoms with Gasteiger partial charge in [0.15, 0.2) is 0 Å². The molecule has 0 aliphatic heterocycles. The molecular formula is C10H20N4O2S. The van der Waals surface area contributed by atoms with Gasteiger partial charge in [-0.25, -0.2) is 13.1 Å². The molecule has 7 heteroatoms. The summed E-state index contributed by atoms with van der Waals surface area (Å²) in [5.41, 5.74) is 0.715. The molecule has 0 aliphatic rings. The molecule has 0 aliphatic carbocycles. The van der Waals surface area contributed by atoms with Crippen molar-refractivity contribution in [2.24, 2.45) is 7.05 Å². The Bertz CT molecular complexity index is 441. The van der Waals surface area contributed by atoms with E-state index >= 15 is 0 Å². The molecule has 2 N–H and O–H groups in total. The fraction of sp³-hybridized carbons (Fsp3) is 0.700. The van der Waals surface area contributed by atoms with E-state index in [9.17, 15) is 8.42 Å². The number of nitrogens with one attached hydrogen (secondary N) is 2. The van der Waals surface area contributed by atoms with Crippen molar-refractivity contribution in [2.45, 2.75) is 25.6 Å². The molecule has 0 saturated carbocycles. The molecule has 1 aromatic rings. The van der Waals surface area contributed by atoms with E-state index in [1.807, 2.05) is 6.92 Å². The highest BCUT2D eigenvalue weighted by Crippen LogP contribution is 2.00. The van der Waals surface area contributed by atoms with Crippen molar-refractivity contribution < 1.29 is 8.42 Å². The monoisotopic (exact) mass is 260 g/mol. The summed E-state index contributed by atoms with van der Waals surface area (Å²) in [4.78, 5) is 0. The van der Waals surface area contributed by atoms with Crippen LogP contribution in [0.2, 0.25) is 0 Å². The number of hydrogen-bond donors (Lipinski definition) is 2. The van der Waals surface area contributed by atoms with Gasteiger partial charge in [0, 0.05) is 19.8 Å². The van der Waals surface area contributed by atoms with Gasteiger partial charge in [-0.2, -0.15) is 5.10 Å². The predicted octanol–water partition coefficient (Wildman–Crippen LogP) is -0.162. The molecule has 6 nitrogen and oxygen atoms in total. The normalized spacial score (nSPS) is 13.8. The Balaban J connectivity index is 2.49. The number of hydrogen-bond acceptors (Lipinski definition) is 4. The third kappa shape index (κ3) is 4.45. The minimum Gasteiger partial charge on any atom is -0.316 e. The summed E-state index contributed by atoms with van der Waals surface area (Å²) in [7, 11) is -1.49. The molecule has 0 amide bonds. The molecule has 0 radical (unpaired) electrons. The van der Waals surface area contributed by atoms with Gasteiger partial charge >= 0.3 is 0 Å². The summed E-state index contributed by atoms with van der Waals surface area (Å²) in [6.07, 6.45) is 1.78. The van der Waals surface area contributed by atoms with Crippen LogP contribution in [-0.4, -0.2) is 36.5 Å². The van der Waals surface area contributed by atoms with Crippen LogP contribution in [0.4, 0.5) is 0 Å². The van der Waals surface area contributed by atoms with Crippen LogP contribution in [0.25, 0.3) is 0 Å². The largest absolute Gasteiger partial charge is 0.316 e. The molecule has 1 aromatic heterocycles. The van der Waals surface area contributed by atoms with E-state index < -0.39 is 15.3 Å². The quantitative estimate of drug-likeness (QED) is 0.714. The zero-order valence-electron chi connectivity index (χ0n) is 10.5. The van der Waals surface area contributed by atoms with Gasteiger partial charge in [-0.05, 0) is 19.5 Å². The van der Waals surface area contributed by atoms with Crippen LogP contribution in [0.1, 0.15) is 19.5 Å². The molecule has 17 heavy (non-hydrogen) atoms. The lowest BCUT2D eigenvalue weighted by Crippen LogP contribution is -2.38. The molecule has 0 fully saturated rings. The summed E-state index contributed by atoms with van der Waals surface area (Å²) < 4.78 is 27.9. The average molecular weight is 260 g/mol. The zero-order valence-corrected chi connectivity index (χ0v) is 11.3. The Morgan fingerprint density at radius 1 is 1.53 bits per heavy atom. The van der Waals surface area contributed by atoms with E-state index in [4.69, 9.17) is 0 Å². The number of sulfonamides is 1. The fourth-order valence-corrected chi connectivity index (χ4v) is 2.30. The van der Waals surface area contributed by atoms with Gasteiger partial charge in [-0.1, -0.05) is 6.92 Å². The van der Waals surface area contributed by atoms with Crippen molar-refractivity contribution in [1.29, 1.82) is 0 Å². The maximum atomic E-state index is 11.8. The van der Waals surface area contributed by atoms with Gasteiger partial charge in [-0.3, -0.25) is 4.68 Å². The number of aryl methyl sites for hydroxylation is 1. The second-order valence-electron chi connectivity index (χ2n) is 3.97. The van der Waals surface area contributed by atoms with E-state index in [0.717, 1.165) is 6.54 Å². The SMILES string of the molecule is CCNCC(C)S(=O)(=O)NCc1ccn(C)n1. The molecule has 1 atom stereocenters. The minimum atomic E-state index is -3.28. The summed E-state index contributed by atoms with van der Waals surface area (Å²) in [6.45, 7) is 5.08. The summed E-state index contributed by atoms with van der Waals surface area (Å²) in [6, 6.07) is 1.79. The van der Waals surface area contributed by atoms with Gasteiger partial charge in [-0.15, -0.1) is 0 Å². The second kappa shape index (κ2) is 6.13. The predicted molar refractivity (Wildman–Crippen MR) is 67.0 cm³/mol. The van der Waals surface area contributed by atoms with Crippen LogP contribution in [-0.2, 0) is 23.6 Å². The zero-order chi connectivity index (χ0) is 12.9. The third-order valence-electron chi connectivity index (χ3n) is 2.43. The average Bonchev–Trinajstić information content (AvgIpc) is 2.69. The van der Waals surface area contributed by atoms with Gasteiger partial charge in [0.25, 0.3) is 0 Å². The first-order valence-electron chi connectivity index (χ1n) is 5.63.